The molecule has 0 radical (unpaired) electrons. The molecule has 1 aliphatic carbocycles. The van der Waals surface area contributed by atoms with E-state index in [1.54, 1.807) is 0 Å². The highest BCUT2D eigenvalue weighted by atomic mass is 16.6. The Kier molecular flexibility index (Phi) is 3.90. The molecule has 0 aromatic carbocycles. The molecule has 1 aromatic rings. The van der Waals surface area contributed by atoms with Gasteiger partial charge in [0.2, 0.25) is 11.8 Å². The predicted octanol–water partition coefficient (Wildman–Crippen LogP) is 2.44. The third-order valence-corrected chi connectivity index (χ3v) is 4.51. The SMILES string of the molecule is CCCNc1ncc([N+](=O)[O-])c(N2CC3CCCC3C2)n1. The summed E-state index contributed by atoms with van der Waals surface area (Å²) in [5.41, 5.74) is 0.0111. The Balaban J connectivity index is 1.85. The zero-order valence-corrected chi connectivity index (χ0v) is 12.3. The van der Waals surface area contributed by atoms with Crippen molar-refractivity contribution < 1.29 is 4.92 Å². The maximum atomic E-state index is 11.2. The summed E-state index contributed by atoms with van der Waals surface area (Å²) >= 11 is 0. The molecule has 21 heavy (non-hydrogen) atoms. The summed E-state index contributed by atoms with van der Waals surface area (Å²) in [5.74, 6) is 2.30. The molecule has 2 aliphatic rings. The summed E-state index contributed by atoms with van der Waals surface area (Å²) in [7, 11) is 0. The molecule has 1 N–H and O–H groups in total. The van der Waals surface area contributed by atoms with Gasteiger partial charge >= 0.3 is 5.69 Å². The summed E-state index contributed by atoms with van der Waals surface area (Å²) in [6.07, 6.45) is 6.05. The fourth-order valence-electron chi connectivity index (χ4n) is 3.46. The lowest BCUT2D eigenvalue weighted by molar-refractivity contribution is -0.384. The van der Waals surface area contributed by atoms with Crippen LogP contribution in [0.4, 0.5) is 17.5 Å². The minimum absolute atomic E-state index is 0.0111. The Morgan fingerprint density at radius 3 is 2.76 bits per heavy atom. The molecule has 7 nitrogen and oxygen atoms in total. The van der Waals surface area contributed by atoms with Crippen LogP contribution in [0.2, 0.25) is 0 Å². The summed E-state index contributed by atoms with van der Waals surface area (Å²) in [6.45, 7) is 4.59. The van der Waals surface area contributed by atoms with Crippen LogP contribution < -0.4 is 10.2 Å². The predicted molar refractivity (Wildman–Crippen MR) is 80.5 cm³/mol. The molecule has 1 aromatic heterocycles. The molecule has 0 amide bonds. The normalized spacial score (nSPS) is 24.1. The van der Waals surface area contributed by atoms with E-state index < -0.39 is 0 Å². The van der Waals surface area contributed by atoms with Gasteiger partial charge in [0, 0.05) is 19.6 Å². The molecule has 2 fully saturated rings. The van der Waals surface area contributed by atoms with Crippen molar-refractivity contribution in [3.8, 4) is 0 Å². The monoisotopic (exact) mass is 291 g/mol. The van der Waals surface area contributed by atoms with Gasteiger partial charge in [0.05, 0.1) is 4.92 Å². The van der Waals surface area contributed by atoms with E-state index in [9.17, 15) is 10.1 Å². The standard InChI is InChI=1S/C14H21N5O2/c1-2-6-15-14-16-7-12(19(20)21)13(17-14)18-8-10-4-3-5-11(10)9-18/h7,10-11H,2-6,8-9H2,1H3,(H,15,16,17). The fourth-order valence-corrected chi connectivity index (χ4v) is 3.46. The number of fused-ring (bicyclic) bond motifs is 1. The van der Waals surface area contributed by atoms with Gasteiger partial charge in [-0.3, -0.25) is 10.1 Å². The van der Waals surface area contributed by atoms with Crippen LogP contribution in [0.25, 0.3) is 0 Å². The lowest BCUT2D eigenvalue weighted by atomic mass is 10.0. The third-order valence-electron chi connectivity index (χ3n) is 4.51. The van der Waals surface area contributed by atoms with Gasteiger partial charge in [-0.2, -0.15) is 4.98 Å². The van der Waals surface area contributed by atoms with Gasteiger partial charge in [-0.05, 0) is 31.1 Å². The molecule has 2 heterocycles. The van der Waals surface area contributed by atoms with Crippen molar-refractivity contribution in [3.05, 3.63) is 16.3 Å². The largest absolute Gasteiger partial charge is 0.354 e. The second kappa shape index (κ2) is 5.83. The number of aromatic nitrogens is 2. The van der Waals surface area contributed by atoms with Crippen LogP contribution in [0.5, 0.6) is 0 Å². The second-order valence-corrected chi connectivity index (χ2v) is 5.94. The van der Waals surface area contributed by atoms with Crippen molar-refractivity contribution >= 4 is 17.5 Å². The molecule has 1 saturated heterocycles. The first-order chi connectivity index (χ1) is 10.2. The highest BCUT2D eigenvalue weighted by Gasteiger charge is 2.38. The smallest absolute Gasteiger partial charge is 0.329 e. The molecular formula is C14H21N5O2. The maximum Gasteiger partial charge on any atom is 0.329 e. The first-order valence-electron chi connectivity index (χ1n) is 7.69. The number of hydrogen-bond donors (Lipinski definition) is 1. The van der Waals surface area contributed by atoms with Crippen molar-refractivity contribution in [1.29, 1.82) is 0 Å². The van der Waals surface area contributed by atoms with E-state index in [0.29, 0.717) is 23.6 Å². The van der Waals surface area contributed by atoms with Crippen LogP contribution in [0, 0.1) is 22.0 Å². The second-order valence-electron chi connectivity index (χ2n) is 5.94. The number of anilines is 2. The first kappa shape index (κ1) is 14.0. The van der Waals surface area contributed by atoms with Gasteiger partial charge in [0.25, 0.3) is 0 Å². The number of nitrogens with one attached hydrogen (secondary N) is 1. The molecule has 1 aliphatic heterocycles. The molecule has 2 atom stereocenters. The maximum absolute atomic E-state index is 11.2. The minimum atomic E-state index is -0.382. The highest BCUT2D eigenvalue weighted by molar-refractivity contribution is 5.59. The summed E-state index contributed by atoms with van der Waals surface area (Å²) in [6, 6.07) is 0. The van der Waals surface area contributed by atoms with Crippen molar-refractivity contribution in [3.63, 3.8) is 0 Å². The minimum Gasteiger partial charge on any atom is -0.354 e. The van der Waals surface area contributed by atoms with Gasteiger partial charge < -0.3 is 10.2 Å². The van der Waals surface area contributed by atoms with Gasteiger partial charge in [-0.1, -0.05) is 13.3 Å². The van der Waals surface area contributed by atoms with Crippen molar-refractivity contribution in [2.24, 2.45) is 11.8 Å². The van der Waals surface area contributed by atoms with E-state index in [0.717, 1.165) is 26.1 Å². The highest BCUT2D eigenvalue weighted by Crippen LogP contribution is 2.41. The molecule has 2 unspecified atom stereocenters. The van der Waals surface area contributed by atoms with Crippen LogP contribution in [0.1, 0.15) is 32.6 Å². The van der Waals surface area contributed by atoms with Gasteiger partial charge in [0.15, 0.2) is 0 Å². The van der Waals surface area contributed by atoms with E-state index in [1.807, 2.05) is 0 Å². The summed E-state index contributed by atoms with van der Waals surface area (Å²) in [4.78, 5) is 21.4. The van der Waals surface area contributed by atoms with Crippen LogP contribution in [0.3, 0.4) is 0 Å². The number of nitro groups is 1. The third kappa shape index (κ3) is 2.77. The number of nitrogens with zero attached hydrogens (tertiary/aromatic N) is 4. The zero-order valence-electron chi connectivity index (χ0n) is 12.3. The zero-order chi connectivity index (χ0) is 14.8. The van der Waals surface area contributed by atoms with Crippen LogP contribution in [-0.2, 0) is 0 Å². The van der Waals surface area contributed by atoms with Crippen LogP contribution >= 0.6 is 0 Å². The van der Waals surface area contributed by atoms with Crippen molar-refractivity contribution in [2.75, 3.05) is 29.9 Å². The molecule has 0 bridgehead atoms. The quantitative estimate of drug-likeness (QED) is 0.662. The topological polar surface area (TPSA) is 84.2 Å². The fraction of sp³-hybridized carbons (Fsp3) is 0.714. The Morgan fingerprint density at radius 2 is 2.14 bits per heavy atom. The molecule has 7 heteroatoms. The molecule has 114 valence electrons. The Bertz CT molecular complexity index is 524. The Labute approximate surface area is 123 Å². The van der Waals surface area contributed by atoms with Crippen LogP contribution in [0.15, 0.2) is 6.20 Å². The van der Waals surface area contributed by atoms with E-state index in [-0.39, 0.29) is 10.6 Å². The molecular weight excluding hydrogens is 270 g/mol. The molecule has 1 saturated carbocycles. The van der Waals surface area contributed by atoms with E-state index >= 15 is 0 Å². The van der Waals surface area contributed by atoms with Crippen molar-refractivity contribution in [1.82, 2.24) is 9.97 Å². The lowest BCUT2D eigenvalue weighted by Gasteiger charge is -2.18. The summed E-state index contributed by atoms with van der Waals surface area (Å²) in [5, 5.41) is 14.3. The molecule has 3 rings (SSSR count). The number of rotatable bonds is 5. The van der Waals surface area contributed by atoms with Crippen LogP contribution in [-0.4, -0.2) is 34.5 Å². The first-order valence-corrected chi connectivity index (χ1v) is 7.69. The lowest BCUT2D eigenvalue weighted by Crippen LogP contribution is -2.23. The van der Waals surface area contributed by atoms with E-state index in [1.165, 1.54) is 25.5 Å². The Morgan fingerprint density at radius 1 is 1.43 bits per heavy atom. The molecule has 0 spiro atoms. The number of hydrogen-bond acceptors (Lipinski definition) is 6. The average Bonchev–Trinajstić information content (AvgIpc) is 3.05. The van der Waals surface area contributed by atoms with E-state index in [4.69, 9.17) is 0 Å². The van der Waals surface area contributed by atoms with Crippen molar-refractivity contribution in [2.45, 2.75) is 32.6 Å². The summed E-state index contributed by atoms with van der Waals surface area (Å²) < 4.78 is 0. The van der Waals surface area contributed by atoms with Gasteiger partial charge in [-0.25, -0.2) is 4.98 Å². The van der Waals surface area contributed by atoms with Gasteiger partial charge in [0.1, 0.15) is 6.20 Å². The Hall–Kier alpha value is -1.92. The average molecular weight is 291 g/mol. The van der Waals surface area contributed by atoms with E-state index in [2.05, 4.69) is 27.1 Å². The van der Waals surface area contributed by atoms with Gasteiger partial charge in [-0.15, -0.1) is 0 Å².